The Balaban J connectivity index is 1.06. The lowest BCUT2D eigenvalue weighted by molar-refractivity contribution is 0.0151. The fraction of sp³-hybridized carbons (Fsp3) is 0.412. The normalized spacial score (nSPS) is 24.2. The molecule has 10 heteroatoms. The van der Waals surface area contributed by atoms with Gasteiger partial charge in [-0.25, -0.2) is 19.6 Å². The van der Waals surface area contributed by atoms with E-state index < -0.39 is 11.7 Å². The quantitative estimate of drug-likeness (QED) is 0.229. The zero-order chi connectivity index (χ0) is 30.7. The van der Waals surface area contributed by atoms with Crippen molar-refractivity contribution in [3.63, 3.8) is 0 Å². The van der Waals surface area contributed by atoms with E-state index in [-0.39, 0.29) is 30.3 Å². The third-order valence-electron chi connectivity index (χ3n) is 8.90. The fourth-order valence-electron chi connectivity index (χ4n) is 6.70. The first-order valence-electron chi connectivity index (χ1n) is 15.2. The number of carbonyl (C=O) groups is 2. The first-order valence-corrected chi connectivity index (χ1v) is 15.2. The molecular formula is C34H36N6O4. The molecule has 226 valence electrons. The molecule has 2 aromatic heterocycles. The van der Waals surface area contributed by atoms with Crippen LogP contribution in [0, 0.1) is 17.8 Å². The molecule has 0 spiro atoms. The molecule has 2 saturated heterocycles. The highest BCUT2D eigenvalue weighted by atomic mass is 16.6. The lowest BCUT2D eigenvalue weighted by Gasteiger charge is -2.30. The van der Waals surface area contributed by atoms with Crippen LogP contribution in [-0.4, -0.2) is 64.7 Å². The number of aromatic amines is 2. The SMILES string of the molecule is C[C@H]1CC[C@@H](c2nc(-c3ccc4cc(C#Cc5c[nH]c(C6CC7CC7N6C(=O)O)n5)ccc4c3)c[nH]2)N1C(=O)OC(C)(C)C. The first-order chi connectivity index (χ1) is 21.0. The summed E-state index contributed by atoms with van der Waals surface area (Å²) in [6.45, 7) is 7.69. The van der Waals surface area contributed by atoms with Gasteiger partial charge in [0.1, 0.15) is 22.9 Å². The van der Waals surface area contributed by atoms with E-state index in [9.17, 15) is 14.7 Å². The Morgan fingerprint density at radius 2 is 1.68 bits per heavy atom. The summed E-state index contributed by atoms with van der Waals surface area (Å²) in [4.78, 5) is 44.0. The molecule has 3 aliphatic rings. The summed E-state index contributed by atoms with van der Waals surface area (Å²) in [5.74, 6) is 8.20. The zero-order valence-corrected chi connectivity index (χ0v) is 25.3. The number of hydrogen-bond acceptors (Lipinski definition) is 5. The molecule has 7 rings (SSSR count). The summed E-state index contributed by atoms with van der Waals surface area (Å²) in [6, 6.07) is 12.1. The fourth-order valence-corrected chi connectivity index (χ4v) is 6.70. The molecule has 0 radical (unpaired) electrons. The van der Waals surface area contributed by atoms with Gasteiger partial charge < -0.3 is 19.8 Å². The molecule has 5 atom stereocenters. The third-order valence-corrected chi connectivity index (χ3v) is 8.90. The van der Waals surface area contributed by atoms with Crippen LogP contribution in [0.1, 0.15) is 88.4 Å². The van der Waals surface area contributed by atoms with Gasteiger partial charge in [-0.2, -0.15) is 0 Å². The maximum Gasteiger partial charge on any atom is 0.411 e. The maximum atomic E-state index is 13.0. The van der Waals surface area contributed by atoms with Gasteiger partial charge in [-0.05, 0) is 94.2 Å². The standard InChI is InChI=1S/C34H36N6O4/c1-19-5-12-27(39(19)33(43)44-34(2,3)4)30-36-18-26(38-30)23-10-9-21-13-20(6-8-22(21)14-23)7-11-25-17-35-31(37-25)29-16-24-15-28(24)40(29)32(41)42/h6,8-10,13-14,17-19,24,27-29H,5,12,15-16H2,1-4H3,(H,35,37)(H,36,38)(H,41,42)/t19-,24?,27-,28?,29?/m0/s1. The van der Waals surface area contributed by atoms with Crippen molar-refractivity contribution in [3.8, 4) is 23.1 Å². The predicted octanol–water partition coefficient (Wildman–Crippen LogP) is 6.63. The molecule has 44 heavy (non-hydrogen) atoms. The van der Waals surface area contributed by atoms with E-state index in [1.165, 1.54) is 4.90 Å². The van der Waals surface area contributed by atoms with Crippen LogP contribution in [0.4, 0.5) is 9.59 Å². The van der Waals surface area contributed by atoms with Gasteiger partial charge in [-0.1, -0.05) is 24.1 Å². The number of carbonyl (C=O) groups excluding carboxylic acids is 1. The van der Waals surface area contributed by atoms with Gasteiger partial charge in [0.2, 0.25) is 0 Å². The maximum absolute atomic E-state index is 13.0. The molecule has 1 saturated carbocycles. The minimum Gasteiger partial charge on any atom is -0.465 e. The summed E-state index contributed by atoms with van der Waals surface area (Å²) in [6.07, 6.45) is 5.95. The van der Waals surface area contributed by atoms with Gasteiger partial charge >= 0.3 is 12.2 Å². The molecule has 3 unspecified atom stereocenters. The second kappa shape index (κ2) is 10.4. The van der Waals surface area contributed by atoms with Crippen molar-refractivity contribution in [3.05, 3.63) is 71.7 Å². The topological polar surface area (TPSA) is 127 Å². The number of aromatic nitrogens is 4. The summed E-state index contributed by atoms with van der Waals surface area (Å²) in [5, 5.41) is 11.7. The van der Waals surface area contributed by atoms with Crippen LogP contribution < -0.4 is 0 Å². The second-order valence-electron chi connectivity index (χ2n) is 13.2. The van der Waals surface area contributed by atoms with Crippen LogP contribution in [0.2, 0.25) is 0 Å². The number of hydrogen-bond donors (Lipinski definition) is 3. The Morgan fingerprint density at radius 1 is 0.932 bits per heavy atom. The third kappa shape index (κ3) is 5.27. The molecule has 3 fully saturated rings. The molecule has 10 nitrogen and oxygen atoms in total. The molecule has 4 aromatic rings. The summed E-state index contributed by atoms with van der Waals surface area (Å²) in [5.41, 5.74) is 2.71. The highest BCUT2D eigenvalue weighted by Gasteiger charge is 2.55. The van der Waals surface area contributed by atoms with E-state index in [4.69, 9.17) is 9.72 Å². The molecule has 3 N–H and O–H groups in total. The van der Waals surface area contributed by atoms with Crippen LogP contribution in [0.15, 0.2) is 48.8 Å². The van der Waals surface area contributed by atoms with Crippen molar-refractivity contribution >= 4 is 23.0 Å². The molecule has 1 aliphatic carbocycles. The Morgan fingerprint density at radius 3 is 2.48 bits per heavy atom. The average molecular weight is 593 g/mol. The number of rotatable bonds is 3. The first kappa shape index (κ1) is 28.0. The minimum absolute atomic E-state index is 0.0801. The summed E-state index contributed by atoms with van der Waals surface area (Å²) in [7, 11) is 0. The van der Waals surface area contributed by atoms with Crippen molar-refractivity contribution in [2.75, 3.05) is 0 Å². The van der Waals surface area contributed by atoms with Crippen LogP contribution in [0.5, 0.6) is 0 Å². The summed E-state index contributed by atoms with van der Waals surface area (Å²) >= 11 is 0. The van der Waals surface area contributed by atoms with E-state index in [0.717, 1.165) is 59.1 Å². The van der Waals surface area contributed by atoms with Gasteiger partial charge in [0.25, 0.3) is 0 Å². The Bertz CT molecular complexity index is 1820. The molecule has 0 bridgehead atoms. The van der Waals surface area contributed by atoms with Crippen molar-refractivity contribution in [1.29, 1.82) is 0 Å². The molecular weight excluding hydrogens is 556 g/mol. The van der Waals surface area contributed by atoms with Gasteiger partial charge in [0.15, 0.2) is 0 Å². The number of H-pyrrole nitrogens is 2. The zero-order valence-electron chi connectivity index (χ0n) is 25.3. The van der Waals surface area contributed by atoms with Crippen LogP contribution >= 0.6 is 0 Å². The van der Waals surface area contributed by atoms with Gasteiger partial charge in [-0.15, -0.1) is 0 Å². The van der Waals surface area contributed by atoms with Gasteiger partial charge in [-0.3, -0.25) is 9.80 Å². The van der Waals surface area contributed by atoms with E-state index in [0.29, 0.717) is 17.4 Å². The smallest absolute Gasteiger partial charge is 0.411 e. The number of carboxylic acid groups (broad SMARTS) is 1. The Hall–Kier alpha value is -4.78. The van der Waals surface area contributed by atoms with E-state index >= 15 is 0 Å². The monoisotopic (exact) mass is 592 g/mol. The van der Waals surface area contributed by atoms with Crippen LogP contribution in [0.3, 0.4) is 0 Å². The lowest BCUT2D eigenvalue weighted by Crippen LogP contribution is -2.40. The highest BCUT2D eigenvalue weighted by molar-refractivity contribution is 5.88. The largest absolute Gasteiger partial charge is 0.465 e. The number of likely N-dealkylation sites (tertiary alicyclic amines) is 2. The van der Waals surface area contributed by atoms with Crippen molar-refractivity contribution < 1.29 is 19.4 Å². The van der Waals surface area contributed by atoms with Crippen LogP contribution in [-0.2, 0) is 4.74 Å². The summed E-state index contributed by atoms with van der Waals surface area (Å²) < 4.78 is 5.68. The Labute approximate surface area is 255 Å². The van der Waals surface area contributed by atoms with E-state index in [2.05, 4.69) is 45.8 Å². The number of amides is 2. The van der Waals surface area contributed by atoms with Crippen molar-refractivity contribution in [1.82, 2.24) is 29.7 Å². The van der Waals surface area contributed by atoms with E-state index in [1.807, 2.05) is 56.1 Å². The van der Waals surface area contributed by atoms with Crippen molar-refractivity contribution in [2.24, 2.45) is 5.92 Å². The molecule has 2 amide bonds. The number of fused-ring (bicyclic) bond motifs is 2. The number of imidazole rings is 2. The van der Waals surface area contributed by atoms with Crippen LogP contribution in [0.25, 0.3) is 22.0 Å². The Kier molecular flexibility index (Phi) is 6.65. The average Bonchev–Trinajstić information content (AvgIpc) is 3.46. The number of piperidine rings is 1. The molecule has 2 aromatic carbocycles. The lowest BCUT2D eigenvalue weighted by atomic mass is 10.0. The number of nitrogens with one attached hydrogen (secondary N) is 2. The number of nitrogens with zero attached hydrogens (tertiary/aromatic N) is 4. The van der Waals surface area contributed by atoms with Gasteiger partial charge in [0.05, 0.1) is 17.8 Å². The number of benzene rings is 2. The minimum atomic E-state index is -0.885. The predicted molar refractivity (Wildman–Crippen MR) is 165 cm³/mol. The van der Waals surface area contributed by atoms with Gasteiger partial charge in [0, 0.05) is 35.6 Å². The second-order valence-corrected chi connectivity index (χ2v) is 13.2. The van der Waals surface area contributed by atoms with E-state index in [1.54, 1.807) is 6.20 Å². The molecule has 4 heterocycles. The van der Waals surface area contributed by atoms with Crippen molar-refractivity contribution in [2.45, 2.75) is 83.1 Å². The highest BCUT2D eigenvalue weighted by Crippen LogP contribution is 2.52. The molecule has 2 aliphatic heterocycles. The number of ether oxygens (including phenoxy) is 1.